The van der Waals surface area contributed by atoms with E-state index in [9.17, 15) is 22.0 Å². The van der Waals surface area contributed by atoms with E-state index in [1.807, 2.05) is 4.90 Å². The minimum Gasteiger partial charge on any atom is -0.491 e. The molecule has 0 aliphatic carbocycles. The summed E-state index contributed by atoms with van der Waals surface area (Å²) in [6.45, 7) is 0.737. The Morgan fingerprint density at radius 1 is 1.13 bits per heavy atom. The monoisotopic (exact) mass is 442 g/mol. The van der Waals surface area contributed by atoms with Crippen molar-refractivity contribution in [2.24, 2.45) is 5.92 Å². The predicted octanol–water partition coefficient (Wildman–Crippen LogP) is 3.80. The molecule has 0 N–H and O–H groups in total. The van der Waals surface area contributed by atoms with Crippen molar-refractivity contribution in [3.8, 4) is 5.75 Å². The molecule has 4 heterocycles. The lowest BCUT2D eigenvalue weighted by molar-refractivity contribution is -0.139. The van der Waals surface area contributed by atoms with Crippen LogP contribution in [-0.2, 0) is 12.7 Å². The van der Waals surface area contributed by atoms with E-state index in [-0.39, 0.29) is 18.3 Å². The summed E-state index contributed by atoms with van der Waals surface area (Å²) >= 11 is 0. The van der Waals surface area contributed by atoms with Gasteiger partial charge in [0.1, 0.15) is 17.9 Å². The van der Waals surface area contributed by atoms with Crippen LogP contribution in [0.25, 0.3) is 11.0 Å². The minimum absolute atomic E-state index is 0.0608. The number of hydrogen-bond acceptors (Lipinski definition) is 6. The van der Waals surface area contributed by atoms with Crippen LogP contribution in [0, 0.1) is 5.92 Å². The first-order valence-corrected chi connectivity index (χ1v) is 9.67. The van der Waals surface area contributed by atoms with Crippen molar-refractivity contribution in [3.05, 3.63) is 36.4 Å². The molecule has 1 aliphatic heterocycles. The van der Waals surface area contributed by atoms with Crippen LogP contribution in [0.2, 0.25) is 0 Å². The summed E-state index contributed by atoms with van der Waals surface area (Å²) in [6.07, 6.45) is -0.578. The molecule has 0 aromatic carbocycles. The smallest absolute Gasteiger partial charge is 0.420 e. The standard InChI is InChI=1S/C19H19F5N6O/c20-16(21)10-30-17-13(8-27-30)7-26-18(28-17)29-5-2-12(3-6-29)11-31-15-9-25-4-1-14(15)19(22,23)24/h1,4,7-9,12,16H,2-3,5-6,10-11H2. The van der Waals surface area contributed by atoms with E-state index in [0.29, 0.717) is 42.9 Å². The number of pyridine rings is 1. The van der Waals surface area contributed by atoms with Gasteiger partial charge in [0, 0.05) is 25.5 Å². The quantitative estimate of drug-likeness (QED) is 0.541. The maximum absolute atomic E-state index is 13.1. The highest BCUT2D eigenvalue weighted by Crippen LogP contribution is 2.36. The molecule has 1 fully saturated rings. The van der Waals surface area contributed by atoms with Crippen LogP contribution in [0.5, 0.6) is 5.75 Å². The largest absolute Gasteiger partial charge is 0.491 e. The number of rotatable bonds is 6. The van der Waals surface area contributed by atoms with Crippen LogP contribution < -0.4 is 9.64 Å². The number of anilines is 1. The summed E-state index contributed by atoms with van der Waals surface area (Å²) in [5.41, 5.74) is -0.505. The minimum atomic E-state index is -4.51. The normalized spacial score (nSPS) is 15.7. The highest BCUT2D eigenvalue weighted by molar-refractivity contribution is 5.74. The molecule has 0 saturated carbocycles. The van der Waals surface area contributed by atoms with Crippen LogP contribution in [0.15, 0.2) is 30.9 Å². The Kier molecular flexibility index (Phi) is 5.88. The molecule has 166 valence electrons. The number of halogens is 5. The SMILES string of the molecule is FC(F)Cn1ncc2cnc(N3CCC(COc4cnccc4C(F)(F)F)CC3)nc21. The summed E-state index contributed by atoms with van der Waals surface area (Å²) < 4.78 is 71.2. The van der Waals surface area contributed by atoms with Crippen molar-refractivity contribution in [1.29, 1.82) is 0 Å². The number of hydrogen-bond donors (Lipinski definition) is 0. The van der Waals surface area contributed by atoms with Gasteiger partial charge in [-0.25, -0.2) is 18.4 Å². The Morgan fingerprint density at radius 3 is 2.61 bits per heavy atom. The third-order valence-electron chi connectivity index (χ3n) is 5.14. The van der Waals surface area contributed by atoms with Gasteiger partial charge in [-0.15, -0.1) is 0 Å². The molecule has 4 rings (SSSR count). The molecule has 3 aromatic rings. The molecular weight excluding hydrogens is 423 g/mol. The van der Waals surface area contributed by atoms with Crippen molar-refractivity contribution < 1.29 is 26.7 Å². The molecule has 31 heavy (non-hydrogen) atoms. The van der Waals surface area contributed by atoms with E-state index in [0.717, 1.165) is 23.1 Å². The lowest BCUT2D eigenvalue weighted by atomic mass is 9.98. The van der Waals surface area contributed by atoms with E-state index < -0.39 is 24.7 Å². The van der Waals surface area contributed by atoms with Gasteiger partial charge < -0.3 is 9.64 Å². The number of alkyl halides is 5. The molecule has 1 saturated heterocycles. The first-order valence-electron chi connectivity index (χ1n) is 9.67. The molecular formula is C19H19F5N6O. The Hall–Kier alpha value is -3.05. The van der Waals surface area contributed by atoms with Gasteiger partial charge in [-0.2, -0.15) is 23.3 Å². The molecule has 12 heteroatoms. The third-order valence-corrected chi connectivity index (χ3v) is 5.14. The molecule has 0 atom stereocenters. The van der Waals surface area contributed by atoms with Gasteiger partial charge >= 0.3 is 6.18 Å². The number of nitrogens with zero attached hydrogens (tertiary/aromatic N) is 6. The Morgan fingerprint density at radius 2 is 1.90 bits per heavy atom. The van der Waals surface area contributed by atoms with Crippen LogP contribution in [0.3, 0.4) is 0 Å². The topological polar surface area (TPSA) is 69.0 Å². The van der Waals surface area contributed by atoms with E-state index in [2.05, 4.69) is 20.1 Å². The van der Waals surface area contributed by atoms with Crippen LogP contribution in [-0.4, -0.2) is 50.9 Å². The van der Waals surface area contributed by atoms with Crippen LogP contribution in [0.1, 0.15) is 18.4 Å². The summed E-state index contributed by atoms with van der Waals surface area (Å²) in [5.74, 6) is 0.193. The van der Waals surface area contributed by atoms with Crippen molar-refractivity contribution in [3.63, 3.8) is 0 Å². The molecule has 0 unspecified atom stereocenters. The number of fused-ring (bicyclic) bond motifs is 1. The number of aromatic nitrogens is 5. The summed E-state index contributed by atoms with van der Waals surface area (Å²) in [4.78, 5) is 14.3. The maximum Gasteiger partial charge on any atom is 0.420 e. The molecule has 0 radical (unpaired) electrons. The van der Waals surface area contributed by atoms with Gasteiger partial charge in [0.2, 0.25) is 5.95 Å². The molecule has 1 aliphatic rings. The fourth-order valence-corrected chi connectivity index (χ4v) is 3.51. The Bertz CT molecular complexity index is 1030. The zero-order chi connectivity index (χ0) is 22.0. The lowest BCUT2D eigenvalue weighted by Crippen LogP contribution is -2.36. The third kappa shape index (κ3) is 4.83. The number of piperidine rings is 1. The molecule has 3 aromatic heterocycles. The van der Waals surface area contributed by atoms with Gasteiger partial charge in [-0.3, -0.25) is 4.98 Å². The Labute approximate surface area is 173 Å². The lowest BCUT2D eigenvalue weighted by Gasteiger charge is -2.32. The van der Waals surface area contributed by atoms with E-state index in [4.69, 9.17) is 4.74 Å². The van der Waals surface area contributed by atoms with E-state index in [1.54, 1.807) is 6.20 Å². The van der Waals surface area contributed by atoms with Gasteiger partial charge in [0.15, 0.2) is 5.65 Å². The second-order valence-corrected chi connectivity index (χ2v) is 7.28. The Balaban J connectivity index is 1.37. The maximum atomic E-state index is 13.1. The molecule has 0 spiro atoms. The van der Waals surface area contributed by atoms with Crippen LogP contribution >= 0.6 is 0 Å². The van der Waals surface area contributed by atoms with Crippen molar-refractivity contribution in [2.75, 3.05) is 24.6 Å². The second kappa shape index (κ2) is 8.60. The first kappa shape index (κ1) is 21.2. The zero-order valence-electron chi connectivity index (χ0n) is 16.3. The van der Waals surface area contributed by atoms with Gasteiger partial charge in [-0.1, -0.05) is 0 Å². The van der Waals surface area contributed by atoms with Crippen molar-refractivity contribution in [2.45, 2.75) is 32.0 Å². The molecule has 7 nitrogen and oxygen atoms in total. The summed E-state index contributed by atoms with van der Waals surface area (Å²) in [7, 11) is 0. The number of ether oxygens (including phenoxy) is 1. The predicted molar refractivity (Wildman–Crippen MR) is 101 cm³/mol. The van der Waals surface area contributed by atoms with E-state index >= 15 is 0 Å². The van der Waals surface area contributed by atoms with Gasteiger partial charge in [-0.05, 0) is 24.8 Å². The highest BCUT2D eigenvalue weighted by Gasteiger charge is 2.34. The second-order valence-electron chi connectivity index (χ2n) is 7.28. The van der Waals surface area contributed by atoms with Gasteiger partial charge in [0.25, 0.3) is 6.43 Å². The average molecular weight is 442 g/mol. The molecule has 0 amide bonds. The van der Waals surface area contributed by atoms with E-state index in [1.165, 1.54) is 6.20 Å². The highest BCUT2D eigenvalue weighted by atomic mass is 19.4. The first-order chi connectivity index (χ1) is 14.8. The summed E-state index contributed by atoms with van der Waals surface area (Å²) in [6, 6.07) is 0.893. The van der Waals surface area contributed by atoms with Crippen molar-refractivity contribution >= 4 is 17.0 Å². The zero-order valence-corrected chi connectivity index (χ0v) is 16.3. The fourth-order valence-electron chi connectivity index (χ4n) is 3.51. The van der Waals surface area contributed by atoms with Crippen molar-refractivity contribution in [1.82, 2.24) is 24.7 Å². The average Bonchev–Trinajstić information content (AvgIpc) is 3.13. The molecule has 0 bridgehead atoms. The van der Waals surface area contributed by atoms with Gasteiger partial charge in [0.05, 0.1) is 24.4 Å². The fraction of sp³-hybridized carbons (Fsp3) is 0.474. The summed E-state index contributed by atoms with van der Waals surface area (Å²) in [5, 5.41) is 4.50. The van der Waals surface area contributed by atoms with Crippen LogP contribution in [0.4, 0.5) is 27.9 Å².